The first-order chi connectivity index (χ1) is 12.6. The van der Waals surface area contributed by atoms with Gasteiger partial charge in [0.15, 0.2) is 11.2 Å². The van der Waals surface area contributed by atoms with Gasteiger partial charge in [0.25, 0.3) is 5.56 Å². The van der Waals surface area contributed by atoms with E-state index in [1.54, 1.807) is 29.8 Å². The SMILES string of the molecule is CCn1c(=O)c2c(ncn2CCOC(=O)c2cccnc2)n(CC)c1=O. The van der Waals surface area contributed by atoms with Crippen molar-refractivity contribution in [3.05, 3.63) is 57.3 Å². The first-order valence-electron chi connectivity index (χ1n) is 8.34. The lowest BCUT2D eigenvalue weighted by Gasteiger charge is -2.10. The standard InChI is InChI=1S/C17H19N5O4/c1-3-21-14-13(15(23)22(4-2)17(21)25)20(11-19-14)8-9-26-16(24)12-6-5-7-18-10-12/h5-7,10-11H,3-4,8-9H2,1-2H3. The topological polar surface area (TPSA) is 101 Å². The van der Waals surface area contributed by atoms with E-state index in [1.165, 1.54) is 21.7 Å². The molecule has 9 nitrogen and oxygen atoms in total. The van der Waals surface area contributed by atoms with Crippen LogP contribution >= 0.6 is 0 Å². The van der Waals surface area contributed by atoms with E-state index in [9.17, 15) is 14.4 Å². The molecule has 0 atom stereocenters. The number of carbonyl (C=O) groups is 1. The molecule has 3 heterocycles. The molecule has 0 saturated heterocycles. The fourth-order valence-electron chi connectivity index (χ4n) is 2.78. The van der Waals surface area contributed by atoms with E-state index in [0.717, 1.165) is 0 Å². The molecule has 3 aromatic heterocycles. The Kier molecular flexibility index (Phi) is 4.97. The summed E-state index contributed by atoms with van der Waals surface area (Å²) in [6.45, 7) is 4.56. The van der Waals surface area contributed by atoms with Crippen LogP contribution in [0.1, 0.15) is 24.2 Å². The fourth-order valence-corrected chi connectivity index (χ4v) is 2.78. The van der Waals surface area contributed by atoms with Gasteiger partial charge in [0, 0.05) is 25.5 Å². The molecule has 0 aliphatic rings. The third-order valence-corrected chi connectivity index (χ3v) is 4.08. The third kappa shape index (κ3) is 3.03. The normalized spacial score (nSPS) is 11.0. The van der Waals surface area contributed by atoms with E-state index < -0.39 is 11.5 Å². The maximum absolute atomic E-state index is 12.6. The van der Waals surface area contributed by atoms with Crippen LogP contribution in [0.4, 0.5) is 0 Å². The molecule has 136 valence electrons. The molecule has 0 aliphatic carbocycles. The summed E-state index contributed by atoms with van der Waals surface area (Å²) in [7, 11) is 0. The van der Waals surface area contributed by atoms with Crippen LogP contribution in [-0.4, -0.2) is 36.2 Å². The number of hydrogen-bond donors (Lipinski definition) is 0. The number of rotatable bonds is 6. The molecule has 0 N–H and O–H groups in total. The summed E-state index contributed by atoms with van der Waals surface area (Å²) in [5.41, 5.74) is 0.252. The van der Waals surface area contributed by atoms with Gasteiger partial charge in [-0.3, -0.25) is 18.9 Å². The Balaban J connectivity index is 1.86. The predicted octanol–water partition coefficient (Wildman–Crippen LogP) is 0.652. The summed E-state index contributed by atoms with van der Waals surface area (Å²) in [4.78, 5) is 45.0. The third-order valence-electron chi connectivity index (χ3n) is 4.08. The molecule has 0 unspecified atom stereocenters. The zero-order valence-corrected chi connectivity index (χ0v) is 14.6. The summed E-state index contributed by atoms with van der Waals surface area (Å²) in [6, 6.07) is 3.26. The minimum atomic E-state index is -0.487. The molecule has 0 amide bonds. The number of imidazole rings is 1. The van der Waals surface area contributed by atoms with Gasteiger partial charge in [0.05, 0.1) is 18.4 Å². The number of carbonyl (C=O) groups excluding carboxylic acids is 1. The summed E-state index contributed by atoms with van der Waals surface area (Å²) >= 11 is 0. The van der Waals surface area contributed by atoms with Crippen LogP contribution in [0.25, 0.3) is 11.2 Å². The number of hydrogen-bond acceptors (Lipinski definition) is 6. The van der Waals surface area contributed by atoms with E-state index in [2.05, 4.69) is 9.97 Å². The molecule has 0 spiro atoms. The van der Waals surface area contributed by atoms with Crippen molar-refractivity contribution < 1.29 is 9.53 Å². The average Bonchev–Trinajstić information content (AvgIpc) is 3.07. The molecule has 0 bridgehead atoms. The van der Waals surface area contributed by atoms with Crippen molar-refractivity contribution in [2.75, 3.05) is 6.61 Å². The quantitative estimate of drug-likeness (QED) is 0.601. The predicted molar refractivity (Wildman–Crippen MR) is 94.1 cm³/mol. The van der Waals surface area contributed by atoms with Crippen LogP contribution in [0.15, 0.2) is 40.4 Å². The molecule has 0 saturated carbocycles. The van der Waals surface area contributed by atoms with Crippen molar-refractivity contribution in [1.29, 1.82) is 0 Å². The van der Waals surface area contributed by atoms with Gasteiger partial charge in [-0.2, -0.15) is 0 Å². The Bertz CT molecular complexity index is 1050. The molecule has 9 heteroatoms. The van der Waals surface area contributed by atoms with Crippen LogP contribution in [-0.2, 0) is 24.4 Å². The highest BCUT2D eigenvalue weighted by molar-refractivity contribution is 5.88. The minimum absolute atomic E-state index is 0.0655. The fraction of sp³-hybridized carbons (Fsp3) is 0.353. The Hall–Kier alpha value is -3.23. The summed E-state index contributed by atoms with van der Waals surface area (Å²) < 4.78 is 9.45. The van der Waals surface area contributed by atoms with E-state index in [0.29, 0.717) is 23.3 Å². The number of aryl methyl sites for hydroxylation is 1. The Morgan fingerprint density at radius 2 is 1.96 bits per heavy atom. The largest absolute Gasteiger partial charge is 0.460 e. The summed E-state index contributed by atoms with van der Waals surface area (Å²) in [5.74, 6) is -0.487. The lowest BCUT2D eigenvalue weighted by Crippen LogP contribution is -2.40. The van der Waals surface area contributed by atoms with Crippen molar-refractivity contribution in [3.8, 4) is 0 Å². The lowest BCUT2D eigenvalue weighted by atomic mass is 10.3. The van der Waals surface area contributed by atoms with Gasteiger partial charge in [-0.15, -0.1) is 0 Å². The van der Waals surface area contributed by atoms with Gasteiger partial charge in [0.1, 0.15) is 6.61 Å². The second kappa shape index (κ2) is 7.34. The first-order valence-corrected chi connectivity index (χ1v) is 8.34. The Morgan fingerprint density at radius 3 is 2.62 bits per heavy atom. The van der Waals surface area contributed by atoms with Crippen molar-refractivity contribution in [2.24, 2.45) is 0 Å². The molecule has 0 aliphatic heterocycles. The molecule has 26 heavy (non-hydrogen) atoms. The monoisotopic (exact) mass is 357 g/mol. The zero-order valence-electron chi connectivity index (χ0n) is 14.6. The van der Waals surface area contributed by atoms with Crippen LogP contribution in [0.2, 0.25) is 0 Å². The van der Waals surface area contributed by atoms with Gasteiger partial charge in [0.2, 0.25) is 0 Å². The highest BCUT2D eigenvalue weighted by Crippen LogP contribution is 2.07. The van der Waals surface area contributed by atoms with Crippen molar-refractivity contribution in [2.45, 2.75) is 33.5 Å². The molecule has 3 aromatic rings. The smallest absolute Gasteiger partial charge is 0.339 e. The molecule has 0 radical (unpaired) electrons. The molecule has 0 aromatic carbocycles. The number of nitrogens with zero attached hydrogens (tertiary/aromatic N) is 5. The molecule has 3 rings (SSSR count). The van der Waals surface area contributed by atoms with Gasteiger partial charge >= 0.3 is 11.7 Å². The summed E-state index contributed by atoms with van der Waals surface area (Å²) in [6.07, 6.45) is 4.48. The van der Waals surface area contributed by atoms with Gasteiger partial charge < -0.3 is 9.30 Å². The number of ether oxygens (including phenoxy) is 1. The first kappa shape index (κ1) is 17.6. The highest BCUT2D eigenvalue weighted by atomic mass is 16.5. The Labute approximate surface area is 148 Å². The minimum Gasteiger partial charge on any atom is -0.460 e. The van der Waals surface area contributed by atoms with E-state index >= 15 is 0 Å². The van der Waals surface area contributed by atoms with Crippen LogP contribution in [0.5, 0.6) is 0 Å². The Morgan fingerprint density at radius 1 is 1.19 bits per heavy atom. The van der Waals surface area contributed by atoms with Crippen LogP contribution in [0, 0.1) is 0 Å². The van der Waals surface area contributed by atoms with Gasteiger partial charge in [-0.1, -0.05) is 0 Å². The number of aromatic nitrogens is 5. The molecule has 0 fully saturated rings. The number of fused-ring (bicyclic) bond motifs is 1. The van der Waals surface area contributed by atoms with Crippen LogP contribution in [0.3, 0.4) is 0 Å². The van der Waals surface area contributed by atoms with Crippen molar-refractivity contribution in [3.63, 3.8) is 0 Å². The number of pyridine rings is 1. The van der Waals surface area contributed by atoms with E-state index in [4.69, 9.17) is 4.74 Å². The zero-order chi connectivity index (χ0) is 18.7. The highest BCUT2D eigenvalue weighted by Gasteiger charge is 2.16. The molecular formula is C17H19N5O4. The molecular weight excluding hydrogens is 338 g/mol. The maximum atomic E-state index is 12.6. The van der Waals surface area contributed by atoms with Crippen molar-refractivity contribution >= 4 is 17.1 Å². The lowest BCUT2D eigenvalue weighted by molar-refractivity contribution is 0.0492. The second-order valence-electron chi connectivity index (χ2n) is 5.56. The number of esters is 1. The van der Waals surface area contributed by atoms with Crippen LogP contribution < -0.4 is 11.2 Å². The van der Waals surface area contributed by atoms with Gasteiger partial charge in [-0.25, -0.2) is 14.6 Å². The average molecular weight is 357 g/mol. The second-order valence-corrected chi connectivity index (χ2v) is 5.56. The van der Waals surface area contributed by atoms with Gasteiger partial charge in [-0.05, 0) is 26.0 Å². The maximum Gasteiger partial charge on any atom is 0.339 e. The van der Waals surface area contributed by atoms with E-state index in [1.807, 2.05) is 6.92 Å². The summed E-state index contributed by atoms with van der Waals surface area (Å²) in [5, 5.41) is 0. The van der Waals surface area contributed by atoms with Crippen molar-refractivity contribution in [1.82, 2.24) is 23.7 Å². The van der Waals surface area contributed by atoms with E-state index in [-0.39, 0.29) is 25.4 Å².